The highest BCUT2D eigenvalue weighted by atomic mass is 35.5. The number of aromatic nitrogens is 5. The summed E-state index contributed by atoms with van der Waals surface area (Å²) in [7, 11) is 0. The van der Waals surface area contributed by atoms with Crippen LogP contribution in [0.4, 0.5) is 0 Å². The van der Waals surface area contributed by atoms with E-state index in [9.17, 15) is 4.79 Å². The molecule has 0 unspecified atom stereocenters. The molecular formula is C29H35ClN6O2. The Bertz CT molecular complexity index is 1450. The molecule has 9 heteroatoms. The van der Waals surface area contributed by atoms with Gasteiger partial charge in [0.05, 0.1) is 11.6 Å². The first-order valence-electron chi connectivity index (χ1n) is 13.3. The second-order valence-corrected chi connectivity index (χ2v) is 11.5. The molecule has 3 heterocycles. The number of fused-ring (bicyclic) bond motifs is 1. The zero-order chi connectivity index (χ0) is 26.9. The summed E-state index contributed by atoms with van der Waals surface area (Å²) < 4.78 is 7.89. The Labute approximate surface area is 228 Å². The van der Waals surface area contributed by atoms with Crippen LogP contribution in [-0.2, 0) is 23.2 Å². The molecule has 5 rings (SSSR count). The molecule has 0 saturated carbocycles. The van der Waals surface area contributed by atoms with E-state index in [1.165, 1.54) is 5.56 Å². The minimum absolute atomic E-state index is 0.0648. The van der Waals surface area contributed by atoms with E-state index in [-0.39, 0.29) is 17.2 Å². The van der Waals surface area contributed by atoms with Gasteiger partial charge in [-0.25, -0.2) is 4.68 Å². The molecule has 200 valence electrons. The van der Waals surface area contributed by atoms with Crippen molar-refractivity contribution in [3.05, 3.63) is 86.4 Å². The fraction of sp³-hybridized carbons (Fsp3) is 0.448. The number of benzene rings is 2. The number of aryl methyl sites for hydroxylation is 1. The Balaban J connectivity index is 1.69. The fourth-order valence-electron chi connectivity index (χ4n) is 5.17. The second-order valence-electron chi connectivity index (χ2n) is 11.0. The molecule has 8 nitrogen and oxygen atoms in total. The molecule has 4 aromatic rings. The van der Waals surface area contributed by atoms with Gasteiger partial charge in [-0.05, 0) is 97.3 Å². The van der Waals surface area contributed by atoms with Gasteiger partial charge in [0, 0.05) is 35.8 Å². The SMILES string of the molecule is CCc1ccc2[nH]c(=O)c([C@H](c3nnnn3C(C)(C)C)N(Cc3ccc(Cl)cc3)C[C@H]3CCCO3)cc2c1. The second kappa shape index (κ2) is 11.0. The lowest BCUT2D eigenvalue weighted by Crippen LogP contribution is -2.40. The Hall–Kier alpha value is -3.07. The third-order valence-corrected chi connectivity index (χ3v) is 7.39. The highest BCUT2D eigenvalue weighted by Crippen LogP contribution is 2.32. The minimum atomic E-state index is -0.498. The van der Waals surface area contributed by atoms with Gasteiger partial charge >= 0.3 is 0 Å². The molecule has 0 bridgehead atoms. The van der Waals surface area contributed by atoms with E-state index in [0.717, 1.165) is 42.3 Å². The van der Waals surface area contributed by atoms with Gasteiger partial charge in [-0.1, -0.05) is 36.7 Å². The standard InChI is InChI=1S/C29H35ClN6O2/c1-5-19-10-13-25-21(15-19)16-24(28(37)31-25)26(27-32-33-34-36(27)29(2,3)4)35(18-23-7-6-14-38-23)17-20-8-11-22(30)12-9-20/h8-13,15-16,23,26H,5-7,14,17-18H2,1-4H3,(H,31,37)/t23-,26-/m1/s1. The molecule has 2 atom stereocenters. The largest absolute Gasteiger partial charge is 0.377 e. The summed E-state index contributed by atoms with van der Waals surface area (Å²) in [6, 6.07) is 15.5. The van der Waals surface area contributed by atoms with Gasteiger partial charge in [0.25, 0.3) is 5.56 Å². The number of aromatic amines is 1. The fourth-order valence-corrected chi connectivity index (χ4v) is 5.30. The first-order valence-corrected chi connectivity index (χ1v) is 13.7. The minimum Gasteiger partial charge on any atom is -0.377 e. The molecule has 2 aromatic heterocycles. The maximum absolute atomic E-state index is 13.7. The Kier molecular flexibility index (Phi) is 7.66. The van der Waals surface area contributed by atoms with Crippen LogP contribution in [0.5, 0.6) is 0 Å². The topological polar surface area (TPSA) is 88.9 Å². The van der Waals surface area contributed by atoms with Crippen molar-refractivity contribution >= 4 is 22.5 Å². The number of nitrogens with zero attached hydrogens (tertiary/aromatic N) is 5. The summed E-state index contributed by atoms with van der Waals surface area (Å²) in [6.45, 7) is 10.3. The first kappa shape index (κ1) is 26.5. The zero-order valence-corrected chi connectivity index (χ0v) is 23.2. The lowest BCUT2D eigenvalue weighted by atomic mass is 9.99. The number of pyridine rings is 1. The highest BCUT2D eigenvalue weighted by Gasteiger charge is 2.35. The Morgan fingerprint density at radius 2 is 1.92 bits per heavy atom. The lowest BCUT2D eigenvalue weighted by Gasteiger charge is -2.34. The van der Waals surface area contributed by atoms with E-state index in [1.54, 1.807) is 0 Å². The molecule has 1 fully saturated rings. The van der Waals surface area contributed by atoms with E-state index >= 15 is 0 Å². The van der Waals surface area contributed by atoms with Crippen LogP contribution in [0.25, 0.3) is 10.9 Å². The van der Waals surface area contributed by atoms with Crippen LogP contribution in [0.3, 0.4) is 0 Å². The van der Waals surface area contributed by atoms with Crippen LogP contribution in [0.2, 0.25) is 5.02 Å². The molecule has 0 amide bonds. The van der Waals surface area contributed by atoms with E-state index in [4.69, 9.17) is 16.3 Å². The number of halogens is 1. The van der Waals surface area contributed by atoms with Gasteiger partial charge in [0.15, 0.2) is 5.82 Å². The van der Waals surface area contributed by atoms with Crippen molar-refractivity contribution in [1.29, 1.82) is 0 Å². The summed E-state index contributed by atoms with van der Waals surface area (Å²) in [4.78, 5) is 19.1. The van der Waals surface area contributed by atoms with Crippen molar-refractivity contribution in [3.63, 3.8) is 0 Å². The molecule has 38 heavy (non-hydrogen) atoms. The Morgan fingerprint density at radius 1 is 1.16 bits per heavy atom. The molecule has 1 saturated heterocycles. The third kappa shape index (κ3) is 5.67. The van der Waals surface area contributed by atoms with Crippen molar-refractivity contribution in [2.75, 3.05) is 13.2 Å². The van der Waals surface area contributed by atoms with Crippen LogP contribution in [-0.4, -0.2) is 49.3 Å². The number of tetrazole rings is 1. The molecule has 2 aromatic carbocycles. The number of nitrogens with one attached hydrogen (secondary N) is 1. The van der Waals surface area contributed by atoms with Crippen molar-refractivity contribution in [3.8, 4) is 0 Å². The summed E-state index contributed by atoms with van der Waals surface area (Å²) >= 11 is 6.19. The van der Waals surface area contributed by atoms with Crippen molar-refractivity contribution < 1.29 is 4.74 Å². The summed E-state index contributed by atoms with van der Waals surface area (Å²) in [5.74, 6) is 0.626. The number of rotatable bonds is 8. The smallest absolute Gasteiger partial charge is 0.253 e. The molecule has 1 aliphatic heterocycles. The maximum atomic E-state index is 13.7. The quantitative estimate of drug-likeness (QED) is 0.332. The van der Waals surface area contributed by atoms with E-state index in [0.29, 0.717) is 29.5 Å². The average Bonchev–Trinajstić information content (AvgIpc) is 3.58. The predicted octanol–water partition coefficient (Wildman–Crippen LogP) is 5.26. The van der Waals surface area contributed by atoms with Crippen LogP contribution in [0.1, 0.15) is 69.1 Å². The number of H-pyrrole nitrogens is 1. The van der Waals surface area contributed by atoms with Crippen molar-refractivity contribution in [2.24, 2.45) is 0 Å². The summed E-state index contributed by atoms with van der Waals surface area (Å²) in [5, 5.41) is 14.6. The Morgan fingerprint density at radius 3 is 2.61 bits per heavy atom. The third-order valence-electron chi connectivity index (χ3n) is 7.14. The molecule has 0 spiro atoms. The average molecular weight is 535 g/mol. The van der Waals surface area contributed by atoms with Gasteiger partial charge in [0.1, 0.15) is 6.04 Å². The van der Waals surface area contributed by atoms with Gasteiger partial charge in [-0.15, -0.1) is 5.10 Å². The summed E-state index contributed by atoms with van der Waals surface area (Å²) in [6.07, 6.45) is 2.98. The van der Waals surface area contributed by atoms with E-state index in [2.05, 4.69) is 65.2 Å². The van der Waals surface area contributed by atoms with Gasteiger partial charge in [0.2, 0.25) is 0 Å². The highest BCUT2D eigenvalue weighted by molar-refractivity contribution is 6.30. The van der Waals surface area contributed by atoms with E-state index < -0.39 is 6.04 Å². The molecule has 1 aliphatic rings. The van der Waals surface area contributed by atoms with Crippen molar-refractivity contribution in [1.82, 2.24) is 30.1 Å². The zero-order valence-electron chi connectivity index (χ0n) is 22.4. The van der Waals surface area contributed by atoms with E-state index in [1.807, 2.05) is 41.1 Å². The summed E-state index contributed by atoms with van der Waals surface area (Å²) in [5.41, 5.74) is 3.18. The maximum Gasteiger partial charge on any atom is 0.253 e. The predicted molar refractivity (Wildman–Crippen MR) is 149 cm³/mol. The molecule has 0 radical (unpaired) electrons. The normalized spacial score (nSPS) is 16.9. The van der Waals surface area contributed by atoms with Crippen LogP contribution >= 0.6 is 11.6 Å². The van der Waals surface area contributed by atoms with Crippen molar-refractivity contribution in [2.45, 2.75) is 71.2 Å². The van der Waals surface area contributed by atoms with Crippen LogP contribution in [0, 0.1) is 0 Å². The molecular weight excluding hydrogens is 500 g/mol. The molecule has 1 N–H and O–H groups in total. The number of hydrogen-bond donors (Lipinski definition) is 1. The first-order chi connectivity index (χ1) is 18.2. The van der Waals surface area contributed by atoms with Crippen LogP contribution < -0.4 is 5.56 Å². The number of ether oxygens (including phenoxy) is 1. The monoisotopic (exact) mass is 534 g/mol. The lowest BCUT2D eigenvalue weighted by molar-refractivity contribution is 0.0564. The van der Waals surface area contributed by atoms with Gasteiger partial charge in [-0.3, -0.25) is 9.69 Å². The molecule has 0 aliphatic carbocycles. The number of hydrogen-bond acceptors (Lipinski definition) is 6. The van der Waals surface area contributed by atoms with Gasteiger partial charge in [-0.2, -0.15) is 0 Å². The van der Waals surface area contributed by atoms with Crippen LogP contribution in [0.15, 0.2) is 53.3 Å². The van der Waals surface area contributed by atoms with Gasteiger partial charge < -0.3 is 9.72 Å².